The third-order valence-corrected chi connectivity index (χ3v) is 4.71. The average Bonchev–Trinajstić information content (AvgIpc) is 2.73. The lowest BCUT2D eigenvalue weighted by Crippen LogP contribution is -2.26. The van der Waals surface area contributed by atoms with E-state index in [2.05, 4.69) is 21.2 Å². The van der Waals surface area contributed by atoms with Crippen molar-refractivity contribution in [2.75, 3.05) is 24.4 Å². The van der Waals surface area contributed by atoms with Gasteiger partial charge in [0.15, 0.2) is 0 Å². The van der Waals surface area contributed by atoms with Crippen LogP contribution >= 0.6 is 15.9 Å². The molecular formula is C22H19BrN2O3. The second-order valence-electron chi connectivity index (χ2n) is 6.08. The molecule has 6 heteroatoms. The number of amides is 2. The first kappa shape index (κ1) is 19.6. The highest BCUT2D eigenvalue weighted by Crippen LogP contribution is 2.24. The van der Waals surface area contributed by atoms with E-state index < -0.39 is 0 Å². The molecule has 5 nitrogen and oxygen atoms in total. The first-order valence-corrected chi connectivity index (χ1v) is 9.37. The smallest absolute Gasteiger partial charge is 0.259 e. The molecule has 3 rings (SSSR count). The van der Waals surface area contributed by atoms with Crippen molar-refractivity contribution in [1.29, 1.82) is 0 Å². The van der Waals surface area contributed by atoms with E-state index in [1.165, 1.54) is 7.11 Å². The predicted octanol–water partition coefficient (Wildman–Crippen LogP) is 4.99. The topological polar surface area (TPSA) is 58.6 Å². The lowest BCUT2D eigenvalue weighted by molar-refractivity contribution is 0.0989. The molecule has 2 amide bonds. The number of hydrogen-bond acceptors (Lipinski definition) is 3. The van der Waals surface area contributed by atoms with Gasteiger partial charge in [-0.05, 0) is 48.5 Å². The van der Waals surface area contributed by atoms with Crippen LogP contribution < -0.4 is 15.0 Å². The Hall–Kier alpha value is -3.12. The lowest BCUT2D eigenvalue weighted by Gasteiger charge is -2.18. The highest BCUT2D eigenvalue weighted by Gasteiger charge is 2.16. The van der Waals surface area contributed by atoms with Crippen molar-refractivity contribution in [2.45, 2.75) is 0 Å². The quantitative estimate of drug-likeness (QED) is 0.610. The number of benzene rings is 3. The van der Waals surface area contributed by atoms with Crippen molar-refractivity contribution in [3.63, 3.8) is 0 Å². The van der Waals surface area contributed by atoms with Gasteiger partial charge in [0.05, 0.1) is 12.7 Å². The molecule has 0 aromatic heterocycles. The second kappa shape index (κ2) is 8.71. The molecule has 0 bridgehead atoms. The molecule has 0 spiro atoms. The predicted molar refractivity (Wildman–Crippen MR) is 114 cm³/mol. The van der Waals surface area contributed by atoms with Crippen LogP contribution in [-0.2, 0) is 0 Å². The number of carbonyl (C=O) groups excluding carboxylic acids is 2. The van der Waals surface area contributed by atoms with Crippen molar-refractivity contribution in [3.05, 3.63) is 88.4 Å². The minimum absolute atomic E-state index is 0.165. The molecule has 0 saturated heterocycles. The van der Waals surface area contributed by atoms with Crippen LogP contribution in [0.3, 0.4) is 0 Å². The third-order valence-electron chi connectivity index (χ3n) is 4.22. The van der Waals surface area contributed by atoms with Crippen molar-refractivity contribution in [3.8, 4) is 5.75 Å². The van der Waals surface area contributed by atoms with E-state index in [0.29, 0.717) is 22.6 Å². The molecule has 0 aliphatic carbocycles. The van der Waals surface area contributed by atoms with Gasteiger partial charge in [-0.15, -0.1) is 0 Å². The summed E-state index contributed by atoms with van der Waals surface area (Å²) in [5.74, 6) is -0.0155. The van der Waals surface area contributed by atoms with Crippen LogP contribution in [-0.4, -0.2) is 26.0 Å². The highest BCUT2D eigenvalue weighted by atomic mass is 79.9. The summed E-state index contributed by atoms with van der Waals surface area (Å²) >= 11 is 3.36. The molecule has 3 aromatic carbocycles. The van der Waals surface area contributed by atoms with Gasteiger partial charge in [-0.1, -0.05) is 40.2 Å². The number of methoxy groups -OCH3 is 1. The summed E-state index contributed by atoms with van der Waals surface area (Å²) in [6, 6.07) is 21.4. The first-order chi connectivity index (χ1) is 13.5. The maximum absolute atomic E-state index is 12.8. The van der Waals surface area contributed by atoms with E-state index in [1.807, 2.05) is 30.3 Å². The van der Waals surface area contributed by atoms with Crippen LogP contribution in [0.25, 0.3) is 0 Å². The zero-order valence-corrected chi connectivity index (χ0v) is 17.1. The molecule has 0 saturated carbocycles. The van der Waals surface area contributed by atoms with Gasteiger partial charge < -0.3 is 15.0 Å². The van der Waals surface area contributed by atoms with Crippen LogP contribution in [0.1, 0.15) is 20.7 Å². The van der Waals surface area contributed by atoms with Gasteiger partial charge in [-0.25, -0.2) is 0 Å². The summed E-state index contributed by atoms with van der Waals surface area (Å²) in [6.07, 6.45) is 0. The van der Waals surface area contributed by atoms with Crippen molar-refractivity contribution < 1.29 is 14.3 Å². The number of anilines is 2. The summed E-state index contributed by atoms with van der Waals surface area (Å²) in [5.41, 5.74) is 2.19. The number of nitrogens with one attached hydrogen (secondary N) is 1. The fraction of sp³-hybridized carbons (Fsp3) is 0.0909. The Morgan fingerprint density at radius 3 is 2.43 bits per heavy atom. The molecular weight excluding hydrogens is 420 g/mol. The molecule has 0 aliphatic rings. The molecule has 0 radical (unpaired) electrons. The fourth-order valence-electron chi connectivity index (χ4n) is 2.75. The van der Waals surface area contributed by atoms with Gasteiger partial charge in [-0.3, -0.25) is 9.59 Å². The number of hydrogen-bond donors (Lipinski definition) is 1. The molecule has 0 aliphatic heterocycles. The number of nitrogens with zero attached hydrogens (tertiary/aromatic N) is 1. The van der Waals surface area contributed by atoms with E-state index in [-0.39, 0.29) is 11.8 Å². The summed E-state index contributed by atoms with van der Waals surface area (Å²) < 4.78 is 6.03. The summed E-state index contributed by atoms with van der Waals surface area (Å²) in [7, 11) is 3.23. The monoisotopic (exact) mass is 438 g/mol. The Labute approximate surface area is 172 Å². The molecule has 142 valence electrons. The lowest BCUT2D eigenvalue weighted by atomic mass is 10.1. The maximum atomic E-state index is 12.8. The minimum atomic E-state index is -0.320. The van der Waals surface area contributed by atoms with Gasteiger partial charge in [0.1, 0.15) is 5.75 Å². The molecule has 0 atom stereocenters. The number of halogens is 1. The zero-order valence-electron chi connectivity index (χ0n) is 15.5. The maximum Gasteiger partial charge on any atom is 0.259 e. The number of para-hydroxylation sites is 1. The van der Waals surface area contributed by atoms with E-state index in [4.69, 9.17) is 4.74 Å². The Balaban J connectivity index is 1.81. The van der Waals surface area contributed by atoms with Crippen molar-refractivity contribution in [1.82, 2.24) is 0 Å². The molecule has 0 heterocycles. The molecule has 1 N–H and O–H groups in total. The molecule has 0 unspecified atom stereocenters. The zero-order chi connectivity index (χ0) is 20.1. The number of rotatable bonds is 5. The number of ether oxygens (including phenoxy) is 1. The van der Waals surface area contributed by atoms with E-state index in [0.717, 1.165) is 10.2 Å². The summed E-state index contributed by atoms with van der Waals surface area (Å²) in [4.78, 5) is 27.0. The van der Waals surface area contributed by atoms with Crippen LogP contribution in [0.15, 0.2) is 77.3 Å². The normalized spacial score (nSPS) is 10.2. The standard InChI is InChI=1S/C22H19BrN2O3/c1-25(18-9-4-3-5-10-18)22(27)15-7-6-8-17(13-15)24-21(26)19-14-16(23)11-12-20(19)28-2/h3-14H,1-2H3,(H,24,26). The van der Waals surface area contributed by atoms with Crippen LogP contribution in [0.5, 0.6) is 5.75 Å². The summed E-state index contributed by atoms with van der Waals surface area (Å²) in [5, 5.41) is 2.82. The fourth-order valence-corrected chi connectivity index (χ4v) is 3.11. The first-order valence-electron chi connectivity index (χ1n) is 8.57. The van der Waals surface area contributed by atoms with Gasteiger partial charge in [0.25, 0.3) is 11.8 Å². The minimum Gasteiger partial charge on any atom is -0.496 e. The van der Waals surface area contributed by atoms with Gasteiger partial charge in [0.2, 0.25) is 0 Å². The SMILES string of the molecule is COc1ccc(Br)cc1C(=O)Nc1cccc(C(=O)N(C)c2ccccc2)c1. The third kappa shape index (κ3) is 4.40. The van der Waals surface area contributed by atoms with E-state index >= 15 is 0 Å². The summed E-state index contributed by atoms with van der Waals surface area (Å²) in [6.45, 7) is 0. The van der Waals surface area contributed by atoms with E-state index in [1.54, 1.807) is 54.4 Å². The largest absolute Gasteiger partial charge is 0.496 e. The van der Waals surface area contributed by atoms with Crippen molar-refractivity contribution >= 4 is 39.1 Å². The highest BCUT2D eigenvalue weighted by molar-refractivity contribution is 9.10. The molecule has 3 aromatic rings. The molecule has 28 heavy (non-hydrogen) atoms. The van der Waals surface area contributed by atoms with Crippen molar-refractivity contribution in [2.24, 2.45) is 0 Å². The second-order valence-corrected chi connectivity index (χ2v) is 6.99. The van der Waals surface area contributed by atoms with Gasteiger partial charge >= 0.3 is 0 Å². The van der Waals surface area contributed by atoms with Crippen LogP contribution in [0, 0.1) is 0 Å². The van der Waals surface area contributed by atoms with Gasteiger partial charge in [0, 0.05) is 28.5 Å². The van der Waals surface area contributed by atoms with Crippen LogP contribution in [0.4, 0.5) is 11.4 Å². The van der Waals surface area contributed by atoms with E-state index in [9.17, 15) is 9.59 Å². The molecule has 0 fully saturated rings. The Bertz CT molecular complexity index is 1010. The Kier molecular flexibility index (Phi) is 6.11. The number of carbonyl (C=O) groups is 2. The van der Waals surface area contributed by atoms with Crippen LogP contribution in [0.2, 0.25) is 0 Å². The Morgan fingerprint density at radius 2 is 1.71 bits per heavy atom. The average molecular weight is 439 g/mol. The van der Waals surface area contributed by atoms with Gasteiger partial charge in [-0.2, -0.15) is 0 Å². The Morgan fingerprint density at radius 1 is 0.964 bits per heavy atom.